The summed E-state index contributed by atoms with van der Waals surface area (Å²) in [4.78, 5) is 12.0. The highest BCUT2D eigenvalue weighted by molar-refractivity contribution is 7.88. The first-order valence-corrected chi connectivity index (χ1v) is 11.8. The maximum atomic E-state index is 11.4. The van der Waals surface area contributed by atoms with Gasteiger partial charge in [-0.15, -0.1) is 0 Å². The molecule has 3 saturated heterocycles. The normalized spacial score (nSPS) is 32.2. The SMILES string of the molecule is Cc1nc(C2CCCC2)cc([C@H]2CN3CC[C@H]2C[C@@H]3CNS(C)(=O)=O)n1. The van der Waals surface area contributed by atoms with Crippen molar-refractivity contribution in [2.45, 2.75) is 63.3 Å². The van der Waals surface area contributed by atoms with Crippen molar-refractivity contribution in [1.29, 1.82) is 0 Å². The second-order valence-electron chi connectivity index (χ2n) is 8.41. The Morgan fingerprint density at radius 2 is 1.92 bits per heavy atom. The van der Waals surface area contributed by atoms with Gasteiger partial charge in [0.2, 0.25) is 10.0 Å². The average Bonchev–Trinajstić information content (AvgIpc) is 3.14. The zero-order valence-corrected chi connectivity index (χ0v) is 16.6. The monoisotopic (exact) mass is 378 g/mol. The molecule has 4 atom stereocenters. The lowest BCUT2D eigenvalue weighted by Gasteiger charge is -2.49. The van der Waals surface area contributed by atoms with Crippen LogP contribution >= 0.6 is 0 Å². The molecular weight excluding hydrogens is 348 g/mol. The van der Waals surface area contributed by atoms with E-state index >= 15 is 0 Å². The summed E-state index contributed by atoms with van der Waals surface area (Å²) in [6.07, 6.45) is 8.62. The second-order valence-corrected chi connectivity index (χ2v) is 10.2. The predicted octanol–water partition coefficient (Wildman–Crippen LogP) is 2.17. The lowest BCUT2D eigenvalue weighted by atomic mass is 9.74. The molecule has 1 aromatic rings. The zero-order valence-electron chi connectivity index (χ0n) is 15.8. The van der Waals surface area contributed by atoms with Gasteiger partial charge in [-0.05, 0) is 51.1 Å². The summed E-state index contributed by atoms with van der Waals surface area (Å²) < 4.78 is 25.5. The number of sulfonamides is 1. The molecule has 0 aromatic carbocycles. The highest BCUT2D eigenvalue weighted by Gasteiger charge is 2.41. The summed E-state index contributed by atoms with van der Waals surface area (Å²) in [5, 5.41) is 0. The van der Waals surface area contributed by atoms with Crippen LogP contribution in [0.4, 0.5) is 0 Å². The van der Waals surface area contributed by atoms with Crippen molar-refractivity contribution in [3.05, 3.63) is 23.3 Å². The summed E-state index contributed by atoms with van der Waals surface area (Å²) in [6, 6.07) is 2.59. The topological polar surface area (TPSA) is 75.2 Å². The quantitative estimate of drug-likeness (QED) is 0.850. The Morgan fingerprint density at radius 3 is 2.58 bits per heavy atom. The fourth-order valence-corrected chi connectivity index (χ4v) is 5.66. The third-order valence-electron chi connectivity index (χ3n) is 6.49. The molecule has 1 aromatic heterocycles. The minimum absolute atomic E-state index is 0.317. The Morgan fingerprint density at radius 1 is 1.19 bits per heavy atom. The van der Waals surface area contributed by atoms with Gasteiger partial charge in [-0.1, -0.05) is 12.8 Å². The van der Waals surface area contributed by atoms with Crippen molar-refractivity contribution < 1.29 is 8.42 Å². The van der Waals surface area contributed by atoms with Crippen LogP contribution in [0.15, 0.2) is 6.07 Å². The van der Waals surface area contributed by atoms with Gasteiger partial charge in [0.25, 0.3) is 0 Å². The van der Waals surface area contributed by atoms with Crippen LogP contribution in [0.5, 0.6) is 0 Å². The number of hydrogen-bond acceptors (Lipinski definition) is 5. The number of hydrogen-bond donors (Lipinski definition) is 1. The van der Waals surface area contributed by atoms with Crippen LogP contribution in [-0.4, -0.2) is 55.2 Å². The Hall–Kier alpha value is -1.05. The number of rotatable bonds is 5. The van der Waals surface area contributed by atoms with Gasteiger partial charge < -0.3 is 0 Å². The highest BCUT2D eigenvalue weighted by Crippen LogP contribution is 2.42. The van der Waals surface area contributed by atoms with Crippen LogP contribution in [0.3, 0.4) is 0 Å². The molecule has 144 valence electrons. The molecule has 4 heterocycles. The van der Waals surface area contributed by atoms with E-state index in [9.17, 15) is 8.42 Å². The van der Waals surface area contributed by atoms with Gasteiger partial charge in [0.15, 0.2) is 0 Å². The van der Waals surface area contributed by atoms with Crippen LogP contribution in [0.25, 0.3) is 0 Å². The lowest BCUT2D eigenvalue weighted by Crippen LogP contribution is -2.56. The maximum Gasteiger partial charge on any atom is 0.208 e. The largest absolute Gasteiger partial charge is 0.298 e. The molecule has 7 heteroatoms. The van der Waals surface area contributed by atoms with Crippen molar-refractivity contribution in [3.8, 4) is 0 Å². The Balaban J connectivity index is 1.50. The van der Waals surface area contributed by atoms with E-state index in [1.807, 2.05) is 6.92 Å². The molecule has 0 radical (unpaired) electrons. The van der Waals surface area contributed by atoms with Gasteiger partial charge in [0.05, 0.1) is 6.26 Å². The van der Waals surface area contributed by atoms with Gasteiger partial charge in [0, 0.05) is 42.4 Å². The van der Waals surface area contributed by atoms with Crippen LogP contribution < -0.4 is 4.72 Å². The molecule has 6 nitrogen and oxygen atoms in total. The Labute approximate surface area is 156 Å². The molecule has 4 aliphatic rings. The smallest absolute Gasteiger partial charge is 0.208 e. The van der Waals surface area contributed by atoms with Crippen molar-refractivity contribution in [2.75, 3.05) is 25.9 Å². The highest BCUT2D eigenvalue weighted by atomic mass is 32.2. The van der Waals surface area contributed by atoms with Crippen LogP contribution in [-0.2, 0) is 10.0 Å². The minimum atomic E-state index is -3.12. The first-order chi connectivity index (χ1) is 12.4. The van der Waals surface area contributed by atoms with Crippen LogP contribution in [0.2, 0.25) is 0 Å². The third-order valence-corrected chi connectivity index (χ3v) is 7.18. The molecule has 4 fully saturated rings. The summed E-state index contributed by atoms with van der Waals surface area (Å²) in [6.45, 7) is 4.60. The van der Waals surface area contributed by atoms with E-state index in [2.05, 4.69) is 15.7 Å². The van der Waals surface area contributed by atoms with Gasteiger partial charge >= 0.3 is 0 Å². The fraction of sp³-hybridized carbons (Fsp3) is 0.789. The van der Waals surface area contributed by atoms with Gasteiger partial charge in [-0.3, -0.25) is 4.90 Å². The summed E-state index contributed by atoms with van der Waals surface area (Å²) in [5.41, 5.74) is 2.46. The Kier molecular flexibility index (Phi) is 5.05. The molecule has 0 amide bonds. The molecule has 1 saturated carbocycles. The predicted molar refractivity (Wildman–Crippen MR) is 102 cm³/mol. The van der Waals surface area contributed by atoms with E-state index in [-0.39, 0.29) is 0 Å². The molecule has 26 heavy (non-hydrogen) atoms. The third kappa shape index (κ3) is 3.94. The summed E-state index contributed by atoms with van der Waals surface area (Å²) in [7, 11) is -3.12. The maximum absolute atomic E-state index is 11.4. The van der Waals surface area contributed by atoms with Crippen molar-refractivity contribution in [1.82, 2.24) is 19.6 Å². The van der Waals surface area contributed by atoms with E-state index in [1.54, 1.807) is 0 Å². The Bertz CT molecular complexity index is 761. The summed E-state index contributed by atoms with van der Waals surface area (Å²) in [5.74, 6) is 2.57. The second kappa shape index (κ2) is 7.17. The van der Waals surface area contributed by atoms with Crippen LogP contribution in [0.1, 0.15) is 67.6 Å². The average molecular weight is 379 g/mol. The van der Waals surface area contributed by atoms with Gasteiger partial charge in [-0.2, -0.15) is 0 Å². The number of nitrogens with zero attached hydrogens (tertiary/aromatic N) is 3. The number of aromatic nitrogens is 2. The molecular formula is C19H30N4O2S. The molecule has 1 aliphatic carbocycles. The standard InChI is InChI=1S/C19H30N4O2S/c1-13-21-18(14-5-3-4-6-14)10-19(22-13)17-12-23-8-7-15(17)9-16(23)11-20-26(2,24)25/h10,14-17,20H,3-9,11-12H2,1-2H3/t15-,16+,17-/m0/s1. The van der Waals surface area contributed by atoms with E-state index in [0.717, 1.165) is 25.3 Å². The van der Waals surface area contributed by atoms with E-state index in [1.165, 1.54) is 49.7 Å². The van der Waals surface area contributed by atoms with E-state index in [4.69, 9.17) is 9.97 Å². The van der Waals surface area contributed by atoms with E-state index < -0.39 is 10.0 Å². The lowest BCUT2D eigenvalue weighted by molar-refractivity contribution is 0.0316. The number of piperidine rings is 3. The number of fused-ring (bicyclic) bond motifs is 3. The molecule has 0 spiro atoms. The first-order valence-electron chi connectivity index (χ1n) is 9.93. The number of nitrogens with one attached hydrogen (secondary N) is 1. The minimum Gasteiger partial charge on any atom is -0.298 e. The first kappa shape index (κ1) is 18.3. The van der Waals surface area contributed by atoms with Gasteiger partial charge in [0.1, 0.15) is 5.82 Å². The molecule has 5 rings (SSSR count). The zero-order chi connectivity index (χ0) is 18.3. The molecule has 1 unspecified atom stereocenters. The molecule has 1 N–H and O–H groups in total. The molecule has 3 aliphatic heterocycles. The molecule has 2 bridgehead atoms. The van der Waals surface area contributed by atoms with Crippen molar-refractivity contribution in [3.63, 3.8) is 0 Å². The van der Waals surface area contributed by atoms with Crippen molar-refractivity contribution in [2.24, 2.45) is 5.92 Å². The number of aryl methyl sites for hydroxylation is 1. The van der Waals surface area contributed by atoms with E-state index in [0.29, 0.717) is 30.3 Å². The summed E-state index contributed by atoms with van der Waals surface area (Å²) >= 11 is 0. The van der Waals surface area contributed by atoms with Crippen molar-refractivity contribution >= 4 is 10.0 Å². The van der Waals surface area contributed by atoms with Crippen LogP contribution in [0, 0.1) is 12.8 Å². The fourth-order valence-electron chi connectivity index (χ4n) is 5.17. The van der Waals surface area contributed by atoms with Gasteiger partial charge in [-0.25, -0.2) is 23.1 Å².